The van der Waals surface area contributed by atoms with Crippen LogP contribution in [0.25, 0.3) is 0 Å². The fourth-order valence-electron chi connectivity index (χ4n) is 4.33. The lowest BCUT2D eigenvalue weighted by molar-refractivity contribution is -0.163. The second-order valence-electron chi connectivity index (χ2n) is 6.98. The Morgan fingerprint density at radius 1 is 1.52 bits per heavy atom. The molecular weight excluding hydrogens is 344 g/mol. The van der Waals surface area contributed by atoms with Crippen LogP contribution in [-0.2, 0) is 9.59 Å². The maximum absolute atomic E-state index is 12.3. The van der Waals surface area contributed by atoms with E-state index < -0.39 is 18.0 Å². The molecule has 3 aliphatic rings. The number of rotatable bonds is 5. The minimum atomic E-state index is -1.10. The van der Waals surface area contributed by atoms with Gasteiger partial charge >= 0.3 is 5.97 Å². The van der Waals surface area contributed by atoms with E-state index in [-0.39, 0.29) is 34.1 Å². The van der Waals surface area contributed by atoms with Crippen molar-refractivity contribution in [3.8, 4) is 0 Å². The zero-order chi connectivity index (χ0) is 18.5. The summed E-state index contributed by atoms with van der Waals surface area (Å²) in [4.78, 5) is 27.6. The van der Waals surface area contributed by atoms with E-state index in [1.165, 1.54) is 16.7 Å². The molecule has 3 rings (SSSR count). The normalized spacial score (nSPS) is 33.4. The molecule has 0 spiro atoms. The summed E-state index contributed by atoms with van der Waals surface area (Å²) in [5.41, 5.74) is 6.30. The highest BCUT2D eigenvalue weighted by Crippen LogP contribution is 2.47. The summed E-state index contributed by atoms with van der Waals surface area (Å²) in [6.07, 6.45) is 1.08. The van der Waals surface area contributed by atoms with Gasteiger partial charge in [0.2, 0.25) is 5.91 Å². The number of β-lactam (4-membered cyclic amide) rings is 1. The van der Waals surface area contributed by atoms with E-state index in [4.69, 9.17) is 11.1 Å². The monoisotopic (exact) mass is 368 g/mol. The van der Waals surface area contributed by atoms with Crippen LogP contribution >= 0.6 is 11.8 Å². The van der Waals surface area contributed by atoms with Gasteiger partial charge in [-0.15, -0.1) is 0 Å². The van der Waals surface area contributed by atoms with Gasteiger partial charge in [-0.25, -0.2) is 4.79 Å². The molecule has 9 heteroatoms. The van der Waals surface area contributed by atoms with Crippen molar-refractivity contribution < 1.29 is 19.8 Å². The summed E-state index contributed by atoms with van der Waals surface area (Å²) >= 11 is 1.28. The van der Waals surface area contributed by atoms with Crippen molar-refractivity contribution in [3.63, 3.8) is 0 Å². The van der Waals surface area contributed by atoms with Crippen LogP contribution in [0.2, 0.25) is 0 Å². The molecular formula is C16H24N4O4S. The van der Waals surface area contributed by atoms with Crippen LogP contribution in [-0.4, -0.2) is 67.7 Å². The first-order valence-electron chi connectivity index (χ1n) is 8.46. The number of likely N-dealkylation sites (tertiary alicyclic amines) is 1. The van der Waals surface area contributed by atoms with E-state index >= 15 is 0 Å². The third-order valence-corrected chi connectivity index (χ3v) is 6.52. The zero-order valence-corrected chi connectivity index (χ0v) is 15.1. The number of nitrogens with two attached hydrogens (primary N) is 1. The van der Waals surface area contributed by atoms with Gasteiger partial charge < -0.3 is 20.8 Å². The number of thioether (sulfide) groups is 1. The minimum absolute atomic E-state index is 0.0528. The van der Waals surface area contributed by atoms with Crippen molar-refractivity contribution in [3.05, 3.63) is 11.3 Å². The quantitative estimate of drug-likeness (QED) is 0.310. The Labute approximate surface area is 150 Å². The van der Waals surface area contributed by atoms with Crippen LogP contribution in [0.15, 0.2) is 11.3 Å². The molecule has 2 fully saturated rings. The highest BCUT2D eigenvalue weighted by molar-refractivity contribution is 8.14. The Morgan fingerprint density at radius 2 is 2.20 bits per heavy atom. The fraction of sp³-hybridized carbons (Fsp3) is 0.688. The van der Waals surface area contributed by atoms with Crippen LogP contribution in [0.5, 0.6) is 0 Å². The summed E-state index contributed by atoms with van der Waals surface area (Å²) in [7, 11) is 0. The molecule has 0 aromatic rings. The molecule has 1 amide bonds. The van der Waals surface area contributed by atoms with Gasteiger partial charge in [-0.3, -0.25) is 15.1 Å². The summed E-state index contributed by atoms with van der Waals surface area (Å²) < 4.78 is 0. The van der Waals surface area contributed by atoms with E-state index in [1.54, 1.807) is 6.92 Å². The number of aliphatic hydroxyl groups is 1. The lowest BCUT2D eigenvalue weighted by Gasteiger charge is -2.46. The molecule has 0 aromatic heterocycles. The first kappa shape index (κ1) is 18.2. The number of nitrogens with one attached hydrogen (secondary N) is 1. The number of carboxylic acids is 1. The number of aliphatic carboxylic acids is 1. The third kappa shape index (κ3) is 2.94. The molecule has 3 heterocycles. The van der Waals surface area contributed by atoms with Crippen LogP contribution < -0.4 is 5.73 Å². The largest absolute Gasteiger partial charge is 0.477 e. The van der Waals surface area contributed by atoms with Gasteiger partial charge in [0.15, 0.2) is 5.17 Å². The van der Waals surface area contributed by atoms with Gasteiger partial charge in [0, 0.05) is 12.5 Å². The maximum atomic E-state index is 12.3. The van der Waals surface area contributed by atoms with Crippen molar-refractivity contribution >= 4 is 28.8 Å². The number of amides is 1. The number of hydrogen-bond donors (Lipinski definition) is 4. The van der Waals surface area contributed by atoms with Crippen LogP contribution in [0.1, 0.15) is 26.7 Å². The Balaban J connectivity index is 1.85. The van der Waals surface area contributed by atoms with E-state index in [1.807, 2.05) is 6.92 Å². The summed E-state index contributed by atoms with van der Waals surface area (Å²) in [6, 6.07) is -0.282. The number of carbonyl (C=O) groups excluding carboxylic acids is 1. The van der Waals surface area contributed by atoms with E-state index in [0.29, 0.717) is 6.54 Å². The lowest BCUT2D eigenvalue weighted by atomic mass is 9.77. The molecule has 0 aliphatic carbocycles. The predicted octanol–water partition coefficient (Wildman–Crippen LogP) is 0.231. The molecule has 0 bridgehead atoms. The summed E-state index contributed by atoms with van der Waals surface area (Å²) in [5.74, 6) is -2.07. The lowest BCUT2D eigenvalue weighted by Crippen LogP contribution is -2.63. The second kappa shape index (κ2) is 6.62. The van der Waals surface area contributed by atoms with Crippen molar-refractivity contribution in [1.82, 2.24) is 9.80 Å². The topological polar surface area (TPSA) is 131 Å². The molecule has 138 valence electrons. The average molecular weight is 368 g/mol. The van der Waals surface area contributed by atoms with Crippen molar-refractivity contribution in [2.45, 2.75) is 44.2 Å². The molecule has 0 aromatic carbocycles. The molecule has 5 N–H and O–H groups in total. The standard InChI is InChI=1S/C16H24N4O4S/c1-7-9(6-19-5-3-4-10(19)25-16(17)18)13(15(23)24)20-12(7)11(8(2)21)14(20)22/h7-8,10-12,21H,3-6H2,1-2H3,(H3,17,18)(H,23,24)/t7-,8+,10?,11+,12+/m0/s1. The van der Waals surface area contributed by atoms with Gasteiger partial charge in [0.05, 0.1) is 23.4 Å². The van der Waals surface area contributed by atoms with Crippen molar-refractivity contribution in [1.29, 1.82) is 5.41 Å². The number of amidine groups is 1. The smallest absolute Gasteiger partial charge is 0.352 e. The van der Waals surface area contributed by atoms with Crippen LogP contribution in [0.3, 0.4) is 0 Å². The van der Waals surface area contributed by atoms with E-state index in [9.17, 15) is 19.8 Å². The van der Waals surface area contributed by atoms with Crippen LogP contribution in [0.4, 0.5) is 0 Å². The molecule has 0 radical (unpaired) electrons. The summed E-state index contributed by atoms with van der Waals surface area (Å²) in [5, 5.41) is 27.1. The molecule has 8 nitrogen and oxygen atoms in total. The van der Waals surface area contributed by atoms with Crippen molar-refractivity contribution in [2.75, 3.05) is 13.1 Å². The van der Waals surface area contributed by atoms with Crippen molar-refractivity contribution in [2.24, 2.45) is 17.6 Å². The Bertz CT molecular complexity index is 650. The second-order valence-corrected chi connectivity index (χ2v) is 8.20. The highest BCUT2D eigenvalue weighted by atomic mass is 32.2. The van der Waals surface area contributed by atoms with E-state index in [2.05, 4.69) is 4.90 Å². The Morgan fingerprint density at radius 3 is 2.76 bits per heavy atom. The molecule has 25 heavy (non-hydrogen) atoms. The van der Waals surface area contributed by atoms with E-state index in [0.717, 1.165) is 25.0 Å². The SMILES string of the molecule is C[C@@H](O)[C@H]1C(=O)N2C(C(=O)O)=C(CN3CCCC3SC(=N)N)[C@H](C)[C@H]12. The number of fused-ring (bicyclic) bond motifs is 1. The van der Waals surface area contributed by atoms with Gasteiger partial charge in [-0.2, -0.15) is 0 Å². The molecule has 5 atom stereocenters. The zero-order valence-electron chi connectivity index (χ0n) is 14.3. The number of carbonyl (C=O) groups is 2. The first-order chi connectivity index (χ1) is 11.7. The fourth-order valence-corrected chi connectivity index (χ4v) is 5.24. The molecule has 3 aliphatic heterocycles. The Hall–Kier alpha value is -1.58. The molecule has 2 saturated heterocycles. The summed E-state index contributed by atoms with van der Waals surface area (Å²) in [6.45, 7) is 4.76. The minimum Gasteiger partial charge on any atom is -0.477 e. The Kier molecular flexibility index (Phi) is 4.82. The number of hydrogen-bond acceptors (Lipinski definition) is 6. The van der Waals surface area contributed by atoms with Gasteiger partial charge in [0.25, 0.3) is 0 Å². The number of aliphatic hydroxyl groups excluding tert-OH is 1. The molecule has 1 unspecified atom stereocenters. The highest BCUT2D eigenvalue weighted by Gasteiger charge is 2.59. The number of nitrogens with zero attached hydrogens (tertiary/aromatic N) is 2. The molecule has 0 saturated carbocycles. The predicted molar refractivity (Wildman–Crippen MR) is 93.7 cm³/mol. The van der Waals surface area contributed by atoms with Gasteiger partial charge in [-0.05, 0) is 31.9 Å². The third-order valence-electron chi connectivity index (χ3n) is 5.46. The van der Waals surface area contributed by atoms with Gasteiger partial charge in [-0.1, -0.05) is 18.7 Å². The van der Waals surface area contributed by atoms with Crippen LogP contribution in [0, 0.1) is 17.2 Å². The number of carboxylic acid groups (broad SMARTS) is 1. The average Bonchev–Trinajstić information content (AvgIpc) is 3.01. The maximum Gasteiger partial charge on any atom is 0.352 e. The first-order valence-corrected chi connectivity index (χ1v) is 9.34. The van der Waals surface area contributed by atoms with Gasteiger partial charge in [0.1, 0.15) is 5.70 Å².